The molecule has 0 bridgehead atoms. The predicted octanol–water partition coefficient (Wildman–Crippen LogP) is 4.66. The number of rotatable bonds is 7. The van der Waals surface area contributed by atoms with Crippen LogP contribution in [0, 0.1) is 0 Å². The van der Waals surface area contributed by atoms with Crippen molar-refractivity contribution in [1.29, 1.82) is 0 Å². The lowest BCUT2D eigenvalue weighted by molar-refractivity contribution is -0.127. The molecule has 3 aromatic rings. The topological polar surface area (TPSA) is 116 Å². The Morgan fingerprint density at radius 2 is 1.75 bits per heavy atom. The Hall–Kier alpha value is -3.92. The SMILES string of the molecule is NC(=O)c1c(-c2ccc(Oc3ccc(Cl)cc3)cc2)nn([C@@H]2CCCN(C(=O)C=CC(F)F)C2)c1N. The smallest absolute Gasteiger partial charge is 0.257 e. The van der Waals surface area contributed by atoms with Crippen LogP contribution >= 0.6 is 11.6 Å². The van der Waals surface area contributed by atoms with Crippen molar-refractivity contribution in [1.82, 2.24) is 14.7 Å². The normalized spacial score (nSPS) is 16.0. The zero-order valence-electron chi connectivity index (χ0n) is 19.1. The van der Waals surface area contributed by atoms with Crippen molar-refractivity contribution in [2.75, 3.05) is 18.8 Å². The van der Waals surface area contributed by atoms with Crippen LogP contribution in [0.15, 0.2) is 60.7 Å². The van der Waals surface area contributed by atoms with Crippen LogP contribution in [0.4, 0.5) is 14.6 Å². The number of allylic oxidation sites excluding steroid dienone is 1. The fourth-order valence-corrected chi connectivity index (χ4v) is 4.23. The van der Waals surface area contributed by atoms with Gasteiger partial charge in [-0.15, -0.1) is 0 Å². The maximum absolute atomic E-state index is 12.4. The molecule has 8 nitrogen and oxygen atoms in total. The second-order valence-electron chi connectivity index (χ2n) is 8.27. The number of likely N-dealkylation sites (tertiary alicyclic amines) is 1. The first-order valence-electron chi connectivity index (χ1n) is 11.2. The second-order valence-corrected chi connectivity index (χ2v) is 8.71. The average Bonchev–Trinajstić information content (AvgIpc) is 3.21. The highest BCUT2D eigenvalue weighted by Crippen LogP contribution is 2.33. The largest absolute Gasteiger partial charge is 0.457 e. The van der Waals surface area contributed by atoms with E-state index in [1.165, 1.54) is 9.58 Å². The molecule has 1 aliphatic heterocycles. The molecule has 1 saturated heterocycles. The van der Waals surface area contributed by atoms with E-state index in [1.54, 1.807) is 48.5 Å². The summed E-state index contributed by atoms with van der Waals surface area (Å²) in [5, 5.41) is 5.17. The van der Waals surface area contributed by atoms with Crippen molar-refractivity contribution in [2.45, 2.75) is 25.3 Å². The summed E-state index contributed by atoms with van der Waals surface area (Å²) in [6.45, 7) is 0.637. The first-order valence-corrected chi connectivity index (χ1v) is 11.6. The highest BCUT2D eigenvalue weighted by molar-refractivity contribution is 6.30. The van der Waals surface area contributed by atoms with E-state index >= 15 is 0 Å². The fraction of sp³-hybridized carbons (Fsp3) is 0.240. The number of amides is 2. The number of carbonyl (C=O) groups excluding carboxylic acids is 2. The molecule has 0 saturated carbocycles. The number of nitrogen functional groups attached to an aromatic ring is 1. The van der Waals surface area contributed by atoms with E-state index in [0.717, 1.165) is 6.08 Å². The molecular formula is C25H24ClF2N5O3. The van der Waals surface area contributed by atoms with Crippen LogP contribution in [0.25, 0.3) is 11.3 Å². The Labute approximate surface area is 211 Å². The van der Waals surface area contributed by atoms with Gasteiger partial charge in [0.25, 0.3) is 12.3 Å². The van der Waals surface area contributed by atoms with Gasteiger partial charge >= 0.3 is 0 Å². The summed E-state index contributed by atoms with van der Waals surface area (Å²) in [5.74, 6) is 0.00305. The number of anilines is 1. The first kappa shape index (κ1) is 25.2. The molecule has 188 valence electrons. The van der Waals surface area contributed by atoms with Crippen LogP contribution in [0.1, 0.15) is 29.2 Å². The maximum Gasteiger partial charge on any atom is 0.257 e. The van der Waals surface area contributed by atoms with Crippen LogP contribution in [0.3, 0.4) is 0 Å². The van der Waals surface area contributed by atoms with Gasteiger partial charge in [0.1, 0.15) is 28.6 Å². The second kappa shape index (κ2) is 10.8. The summed E-state index contributed by atoms with van der Waals surface area (Å²) < 4.78 is 32.2. The summed E-state index contributed by atoms with van der Waals surface area (Å²) in [6, 6.07) is 13.5. The van der Waals surface area contributed by atoms with E-state index in [4.69, 9.17) is 27.8 Å². The third-order valence-corrected chi connectivity index (χ3v) is 6.06. The third kappa shape index (κ3) is 5.65. The number of piperidine rings is 1. The number of carbonyl (C=O) groups is 2. The van der Waals surface area contributed by atoms with Crippen LogP contribution in [-0.4, -0.2) is 46.0 Å². The van der Waals surface area contributed by atoms with Crippen LogP contribution < -0.4 is 16.2 Å². The number of ether oxygens (including phenoxy) is 1. The molecule has 1 fully saturated rings. The molecule has 1 aliphatic rings. The number of halogens is 3. The number of alkyl halides is 2. The molecule has 0 radical (unpaired) electrons. The number of benzene rings is 2. The summed E-state index contributed by atoms with van der Waals surface area (Å²) in [4.78, 5) is 26.0. The zero-order chi connectivity index (χ0) is 25.8. The number of hydrogen-bond acceptors (Lipinski definition) is 5. The van der Waals surface area contributed by atoms with Crippen molar-refractivity contribution >= 4 is 29.2 Å². The van der Waals surface area contributed by atoms with Gasteiger partial charge in [-0.05, 0) is 67.4 Å². The van der Waals surface area contributed by atoms with Crippen molar-refractivity contribution in [3.63, 3.8) is 0 Å². The third-order valence-electron chi connectivity index (χ3n) is 5.81. The lowest BCUT2D eigenvalue weighted by Crippen LogP contribution is -2.40. The Kier molecular flexibility index (Phi) is 7.54. The van der Waals surface area contributed by atoms with Gasteiger partial charge in [-0.2, -0.15) is 5.10 Å². The van der Waals surface area contributed by atoms with Crippen LogP contribution in [0.2, 0.25) is 5.02 Å². The molecule has 1 aromatic heterocycles. The Morgan fingerprint density at radius 1 is 1.11 bits per heavy atom. The molecule has 11 heteroatoms. The predicted molar refractivity (Wildman–Crippen MR) is 132 cm³/mol. The fourth-order valence-electron chi connectivity index (χ4n) is 4.11. The minimum Gasteiger partial charge on any atom is -0.457 e. The minimum atomic E-state index is -2.71. The van der Waals surface area contributed by atoms with E-state index in [9.17, 15) is 18.4 Å². The summed E-state index contributed by atoms with van der Waals surface area (Å²) in [7, 11) is 0. The molecule has 36 heavy (non-hydrogen) atoms. The van der Waals surface area contributed by atoms with E-state index in [1.807, 2.05) is 0 Å². The molecule has 2 amide bonds. The van der Waals surface area contributed by atoms with Crippen molar-refractivity contribution < 1.29 is 23.1 Å². The van der Waals surface area contributed by atoms with Gasteiger partial charge < -0.3 is 21.1 Å². The minimum absolute atomic E-state index is 0.0717. The highest BCUT2D eigenvalue weighted by atomic mass is 35.5. The van der Waals surface area contributed by atoms with Gasteiger partial charge in [0.2, 0.25) is 5.91 Å². The monoisotopic (exact) mass is 515 g/mol. The van der Waals surface area contributed by atoms with Gasteiger partial charge in [0.15, 0.2) is 0 Å². The first-order chi connectivity index (χ1) is 17.2. The van der Waals surface area contributed by atoms with E-state index in [2.05, 4.69) is 5.10 Å². The Morgan fingerprint density at radius 3 is 2.36 bits per heavy atom. The molecule has 4 N–H and O–H groups in total. The average molecular weight is 516 g/mol. The summed E-state index contributed by atoms with van der Waals surface area (Å²) in [5.41, 5.74) is 12.9. The highest BCUT2D eigenvalue weighted by Gasteiger charge is 2.29. The van der Waals surface area contributed by atoms with Crippen molar-refractivity contribution in [2.24, 2.45) is 5.73 Å². The van der Waals surface area contributed by atoms with Gasteiger partial charge in [-0.3, -0.25) is 9.59 Å². The van der Waals surface area contributed by atoms with Crippen LogP contribution in [-0.2, 0) is 4.79 Å². The van der Waals surface area contributed by atoms with E-state index in [0.29, 0.717) is 53.2 Å². The van der Waals surface area contributed by atoms with Gasteiger partial charge in [-0.25, -0.2) is 13.5 Å². The van der Waals surface area contributed by atoms with Crippen LogP contribution in [0.5, 0.6) is 11.5 Å². The Balaban J connectivity index is 1.58. The molecule has 1 atom stereocenters. The molecular weight excluding hydrogens is 492 g/mol. The molecule has 2 aromatic carbocycles. The number of nitrogens with zero attached hydrogens (tertiary/aromatic N) is 3. The zero-order valence-corrected chi connectivity index (χ0v) is 19.9. The van der Waals surface area contributed by atoms with E-state index < -0.39 is 18.2 Å². The standard InChI is InChI=1S/C25H24ClF2N5O3/c26-16-5-9-19(10-6-16)36-18-7-3-15(4-8-18)23-22(25(30)35)24(29)33(31-23)17-2-1-13-32(14-17)21(34)12-11-20(27)28/h3-12,17,20H,1-2,13-14,29H2,(H2,30,35)/t17-/m1/s1. The van der Waals surface area contributed by atoms with Gasteiger partial charge in [0.05, 0.1) is 6.04 Å². The molecule has 2 heterocycles. The Bertz CT molecular complexity index is 1280. The summed E-state index contributed by atoms with van der Waals surface area (Å²) >= 11 is 5.90. The molecule has 0 aliphatic carbocycles. The number of primary amides is 1. The van der Waals surface area contributed by atoms with Crippen molar-refractivity contribution in [3.05, 3.63) is 71.3 Å². The number of hydrogen-bond donors (Lipinski definition) is 2. The van der Waals surface area contributed by atoms with Crippen molar-refractivity contribution in [3.8, 4) is 22.8 Å². The molecule has 0 spiro atoms. The lowest BCUT2D eigenvalue weighted by atomic mass is 10.1. The van der Waals surface area contributed by atoms with Gasteiger partial charge in [0, 0.05) is 29.8 Å². The molecule has 0 unspecified atom stereocenters. The quantitative estimate of drug-likeness (QED) is 0.444. The molecule has 4 rings (SSSR count). The van der Waals surface area contributed by atoms with Gasteiger partial charge in [-0.1, -0.05) is 11.6 Å². The number of nitrogens with two attached hydrogens (primary N) is 2. The maximum atomic E-state index is 12.4. The van der Waals surface area contributed by atoms with E-state index in [-0.39, 0.29) is 24.0 Å². The summed E-state index contributed by atoms with van der Waals surface area (Å²) in [6.07, 6.45) is -0.0266. The lowest BCUT2D eigenvalue weighted by Gasteiger charge is -2.32. The number of aromatic nitrogens is 2.